The number of para-hydroxylation sites is 12. The monoisotopic (exact) mass is 1600 g/mol. The quantitative estimate of drug-likeness (QED) is 0.108. The van der Waals surface area contributed by atoms with Crippen molar-refractivity contribution in [3.63, 3.8) is 0 Å². The molecule has 0 bridgehead atoms. The van der Waals surface area contributed by atoms with E-state index in [1.54, 1.807) is 0 Å². The molecule has 0 spiro atoms. The minimum atomic E-state index is -0.307. The van der Waals surface area contributed by atoms with E-state index in [9.17, 15) is 0 Å². The predicted molar refractivity (Wildman–Crippen MR) is 525 cm³/mol. The molecule has 0 aliphatic heterocycles. The maximum atomic E-state index is 6.97. The standard InChI is InChI=1S/C117H82N6O2/c1-72-30-22-40-80(70-72)118(102-54-26-44-88-82-42-18-20-56-104(82)124-115(88)102)100-52-28-50-94-109-86-62-66-96-107(84(86)64-68-98(109)122(113(94)100)78-36-14-8-15-37-78)92-48-24-46-90(111(92)120(96)76-32-10-6-11-33-76)106(74-58-60-75(61-59-74)117(3,4)5)91-47-25-49-93-108-85-65-69-99-110(87(85)63-67-97(108)121(112(91)93)77-34-12-7-13-35-77)95-51-29-53-101(114(95)123(99)79-38-16-9-17-39-79)119(81-41-23-31-73(2)71-81)103-55-27-45-89-83-43-19-21-57-105(83)125-116(89)103/h6-71,106H,1-5H3. The molecule has 6 heterocycles. The van der Waals surface area contributed by atoms with Crippen molar-refractivity contribution >= 4 is 187 Å². The molecule has 0 saturated heterocycles. The first-order chi connectivity index (χ1) is 61.5. The highest BCUT2D eigenvalue weighted by Gasteiger charge is 2.34. The number of aryl methyl sites for hydroxylation is 2. The van der Waals surface area contributed by atoms with Gasteiger partial charge in [0, 0.05) is 105 Å². The molecule has 0 N–H and O–H groups in total. The first-order valence-corrected chi connectivity index (χ1v) is 43.3. The highest BCUT2D eigenvalue weighted by Crippen LogP contribution is 2.55. The third kappa shape index (κ3) is 10.9. The number of nitrogens with zero attached hydrogens (tertiary/aromatic N) is 6. The van der Waals surface area contributed by atoms with Gasteiger partial charge >= 0.3 is 0 Å². The number of fused-ring (bicyclic) bond motifs is 24. The summed E-state index contributed by atoms with van der Waals surface area (Å²) in [6.07, 6.45) is 0. The molecule has 0 unspecified atom stereocenters. The molecule has 25 rings (SSSR count). The number of rotatable bonds is 13. The minimum absolute atomic E-state index is 0.0918. The van der Waals surface area contributed by atoms with Gasteiger partial charge in [0.25, 0.3) is 0 Å². The Bertz CT molecular complexity index is 8250. The van der Waals surface area contributed by atoms with Gasteiger partial charge in [-0.2, -0.15) is 0 Å². The minimum Gasteiger partial charge on any atom is -0.454 e. The number of anilines is 6. The van der Waals surface area contributed by atoms with Crippen LogP contribution in [0.2, 0.25) is 0 Å². The fraction of sp³-hybridized carbons (Fsp3) is 0.0598. The number of furan rings is 2. The van der Waals surface area contributed by atoms with Gasteiger partial charge < -0.3 is 36.9 Å². The summed E-state index contributed by atoms with van der Waals surface area (Å²) in [6.45, 7) is 11.3. The Hall–Kier alpha value is -15.9. The van der Waals surface area contributed by atoms with E-state index in [0.29, 0.717) is 0 Å². The van der Waals surface area contributed by atoms with Crippen molar-refractivity contribution in [3.05, 3.63) is 434 Å². The molecule has 8 nitrogen and oxygen atoms in total. The lowest BCUT2D eigenvalue weighted by atomic mass is 9.80. The average Bonchev–Trinajstić information content (AvgIpc) is 1.54. The number of benzene rings is 19. The summed E-state index contributed by atoms with van der Waals surface area (Å²) in [6, 6.07) is 149. The van der Waals surface area contributed by atoms with Crippen molar-refractivity contribution in [2.75, 3.05) is 9.80 Å². The molecule has 0 aliphatic rings. The Morgan fingerprint density at radius 1 is 0.248 bits per heavy atom. The van der Waals surface area contributed by atoms with Gasteiger partial charge in [-0.05, 0) is 208 Å². The molecule has 19 aromatic carbocycles. The van der Waals surface area contributed by atoms with Crippen molar-refractivity contribution in [2.45, 2.75) is 46.0 Å². The van der Waals surface area contributed by atoms with Gasteiger partial charge in [0.2, 0.25) is 0 Å². The Kier molecular flexibility index (Phi) is 16.0. The van der Waals surface area contributed by atoms with Gasteiger partial charge in [-0.15, -0.1) is 0 Å². The van der Waals surface area contributed by atoms with E-state index in [4.69, 9.17) is 8.83 Å². The zero-order valence-corrected chi connectivity index (χ0v) is 69.7. The van der Waals surface area contributed by atoms with Gasteiger partial charge in [0.15, 0.2) is 11.2 Å². The number of aromatic nitrogens is 4. The van der Waals surface area contributed by atoms with Crippen LogP contribution in [0, 0.1) is 13.8 Å². The van der Waals surface area contributed by atoms with E-state index >= 15 is 0 Å². The molecule has 592 valence electrons. The summed E-state index contributed by atoms with van der Waals surface area (Å²) in [7, 11) is 0. The smallest absolute Gasteiger partial charge is 0.159 e. The van der Waals surface area contributed by atoms with E-state index in [2.05, 4.69) is 463 Å². The third-order valence-electron chi connectivity index (χ3n) is 26.5. The number of hydrogen-bond donors (Lipinski definition) is 0. The molecular weight excluding hydrogens is 1520 g/mol. The van der Waals surface area contributed by atoms with E-state index in [0.717, 1.165) is 167 Å². The van der Waals surface area contributed by atoms with Crippen LogP contribution in [0.25, 0.3) is 175 Å². The molecular formula is C117H82N6O2. The van der Waals surface area contributed by atoms with Crippen LogP contribution < -0.4 is 9.80 Å². The Morgan fingerprint density at radius 2 is 0.552 bits per heavy atom. The van der Waals surface area contributed by atoms with Gasteiger partial charge in [0.05, 0.1) is 66.9 Å². The Labute approximate surface area is 721 Å². The first kappa shape index (κ1) is 72.0. The SMILES string of the molecule is Cc1cccc(N(c2cccc3c2oc2ccccc23)c2cccc3c4c5ccc6c(c5ccc4n(-c4ccccc4)c23)c2cccc(C(c3ccc(C(C)(C)C)cc3)c3cccc4c5c7ccc8c(c7ccc5n(-c5ccccc5)c34)c3cccc(N(c4cccc(C)c4)c4cccc5c4oc4ccccc45)c3n8-c3ccccc3)c2n6-c2ccccc2)c1. The van der Waals surface area contributed by atoms with Crippen molar-refractivity contribution in [3.8, 4) is 22.7 Å². The van der Waals surface area contributed by atoms with Crippen LogP contribution in [-0.2, 0) is 5.41 Å². The maximum Gasteiger partial charge on any atom is 0.159 e. The first-order valence-electron chi connectivity index (χ1n) is 43.3. The second-order valence-corrected chi connectivity index (χ2v) is 34.7. The fourth-order valence-corrected chi connectivity index (χ4v) is 21.2. The van der Waals surface area contributed by atoms with E-state index in [-0.39, 0.29) is 11.3 Å². The van der Waals surface area contributed by atoms with E-state index in [1.165, 1.54) is 76.1 Å². The predicted octanol–water partition coefficient (Wildman–Crippen LogP) is 32.2. The summed E-state index contributed by atoms with van der Waals surface area (Å²) in [4.78, 5) is 4.85. The molecule has 0 aliphatic carbocycles. The average molecular weight is 1600 g/mol. The van der Waals surface area contributed by atoms with Crippen molar-refractivity contribution in [2.24, 2.45) is 0 Å². The van der Waals surface area contributed by atoms with Gasteiger partial charge in [-0.25, -0.2) is 0 Å². The van der Waals surface area contributed by atoms with Crippen LogP contribution >= 0.6 is 0 Å². The molecule has 0 fully saturated rings. The second-order valence-electron chi connectivity index (χ2n) is 34.7. The third-order valence-corrected chi connectivity index (χ3v) is 26.5. The second kappa shape index (κ2) is 27.8. The van der Waals surface area contributed by atoms with Crippen LogP contribution in [-0.4, -0.2) is 18.3 Å². The Morgan fingerprint density at radius 3 is 0.912 bits per heavy atom. The summed E-state index contributed by atoms with van der Waals surface area (Å²) >= 11 is 0. The zero-order valence-electron chi connectivity index (χ0n) is 69.7. The lowest BCUT2D eigenvalue weighted by Crippen LogP contribution is -2.12. The van der Waals surface area contributed by atoms with Crippen LogP contribution in [0.5, 0.6) is 0 Å². The summed E-state index contributed by atoms with van der Waals surface area (Å²) in [5.41, 5.74) is 29.9. The highest BCUT2D eigenvalue weighted by atomic mass is 16.3. The molecule has 25 aromatic rings. The molecule has 0 atom stereocenters. The lowest BCUT2D eigenvalue weighted by Gasteiger charge is -2.27. The summed E-state index contributed by atoms with van der Waals surface area (Å²) < 4.78 is 24.1. The zero-order chi connectivity index (χ0) is 83.0. The molecule has 0 amide bonds. The Balaban J connectivity index is 0.748. The van der Waals surface area contributed by atoms with Crippen LogP contribution in [0.4, 0.5) is 34.1 Å². The van der Waals surface area contributed by atoms with Crippen molar-refractivity contribution < 1.29 is 8.83 Å². The van der Waals surface area contributed by atoms with E-state index in [1.807, 2.05) is 0 Å². The highest BCUT2D eigenvalue weighted by molar-refractivity contribution is 6.33. The van der Waals surface area contributed by atoms with Gasteiger partial charge in [0.1, 0.15) is 11.2 Å². The van der Waals surface area contributed by atoms with E-state index < -0.39 is 0 Å². The van der Waals surface area contributed by atoms with Crippen LogP contribution in [0.15, 0.2) is 409 Å². The molecule has 0 radical (unpaired) electrons. The fourth-order valence-electron chi connectivity index (χ4n) is 21.2. The maximum absolute atomic E-state index is 6.97. The normalized spacial score (nSPS) is 12.3. The molecule has 125 heavy (non-hydrogen) atoms. The van der Waals surface area contributed by atoms with Gasteiger partial charge in [-0.3, -0.25) is 0 Å². The van der Waals surface area contributed by atoms with Crippen molar-refractivity contribution in [1.82, 2.24) is 18.3 Å². The van der Waals surface area contributed by atoms with Gasteiger partial charge in [-0.1, -0.05) is 288 Å². The topological polar surface area (TPSA) is 52.5 Å². The summed E-state index contributed by atoms with van der Waals surface area (Å²) in [5.74, 6) is -0.307. The molecule has 0 saturated carbocycles. The molecule has 8 heteroatoms. The summed E-state index contributed by atoms with van der Waals surface area (Å²) in [5, 5.41) is 18.4. The largest absolute Gasteiger partial charge is 0.454 e. The van der Waals surface area contributed by atoms with Crippen LogP contribution in [0.1, 0.15) is 60.1 Å². The van der Waals surface area contributed by atoms with Crippen molar-refractivity contribution in [1.29, 1.82) is 0 Å². The number of hydrogen-bond acceptors (Lipinski definition) is 4. The van der Waals surface area contributed by atoms with Crippen LogP contribution in [0.3, 0.4) is 0 Å². The lowest BCUT2D eigenvalue weighted by molar-refractivity contribution is 0.590. The molecule has 6 aromatic heterocycles.